The van der Waals surface area contributed by atoms with Gasteiger partial charge in [-0.3, -0.25) is 0 Å². The van der Waals surface area contributed by atoms with Gasteiger partial charge >= 0.3 is 0 Å². The minimum Gasteiger partial charge on any atom is -0.545 e. The maximum Gasteiger partial charge on any atom is 0.199 e. The zero-order valence-corrected chi connectivity index (χ0v) is 22.9. The largest absolute Gasteiger partial charge is 0.545 e. The van der Waals surface area contributed by atoms with E-state index in [1.807, 2.05) is 0 Å². The normalized spacial score (nSPS) is 12.0. The molecule has 0 aliphatic heterocycles. The van der Waals surface area contributed by atoms with Crippen molar-refractivity contribution in [3.05, 3.63) is 120 Å². The van der Waals surface area contributed by atoms with Crippen LogP contribution in [0.15, 0.2) is 109 Å². The minimum atomic E-state index is -1.13. The Morgan fingerprint density at radius 3 is 1.71 bits per heavy atom. The molecule has 3 aromatic carbocycles. The average Bonchev–Trinajstić information content (AvgIpc) is 2.97. The molecule has 0 radical (unpaired) electrons. The molecular formula is C34H38N2O2. The third kappa shape index (κ3) is 7.91. The summed E-state index contributed by atoms with van der Waals surface area (Å²) in [5.74, 6) is -1.13. The molecule has 4 nitrogen and oxygen atoms in total. The molecule has 196 valence electrons. The smallest absolute Gasteiger partial charge is 0.199 e. The number of carbonyl (C=O) groups is 1. The first-order valence-corrected chi connectivity index (χ1v) is 13.4. The molecule has 3 aromatic rings. The molecular weight excluding hydrogens is 468 g/mol. The zero-order valence-electron chi connectivity index (χ0n) is 22.9. The van der Waals surface area contributed by atoms with Crippen LogP contribution < -0.4 is 10.0 Å². The number of anilines is 1. The molecule has 0 saturated heterocycles. The maximum atomic E-state index is 10.1. The van der Waals surface area contributed by atoms with Crippen molar-refractivity contribution in [2.75, 3.05) is 31.1 Å². The van der Waals surface area contributed by atoms with E-state index in [1.165, 1.54) is 45.8 Å². The van der Waals surface area contributed by atoms with Crippen LogP contribution in [0.1, 0.15) is 43.6 Å². The second-order valence-electron chi connectivity index (χ2n) is 8.90. The summed E-state index contributed by atoms with van der Waals surface area (Å²) >= 11 is 0. The number of rotatable bonds is 8. The first-order valence-electron chi connectivity index (χ1n) is 13.4. The third-order valence-corrected chi connectivity index (χ3v) is 6.60. The summed E-state index contributed by atoms with van der Waals surface area (Å²) in [5.41, 5.74) is 7.77. The van der Waals surface area contributed by atoms with E-state index < -0.39 is 5.97 Å². The molecule has 0 bridgehead atoms. The van der Waals surface area contributed by atoms with Crippen LogP contribution in [-0.4, -0.2) is 42.4 Å². The highest BCUT2D eigenvalue weighted by atomic mass is 16.4. The Morgan fingerprint density at radius 2 is 1.26 bits per heavy atom. The summed E-state index contributed by atoms with van der Waals surface area (Å²) in [4.78, 5) is 12.5. The van der Waals surface area contributed by atoms with E-state index in [4.69, 9.17) is 0 Å². The Hall–Kier alpha value is -4.18. The highest BCUT2D eigenvalue weighted by Gasteiger charge is 2.08. The van der Waals surface area contributed by atoms with Crippen LogP contribution in [0.25, 0.3) is 17.2 Å². The standard InChI is InChI=1S/C27H33N2.C7H6O2/c1-5-28(6-2)26-17-11-23(12-18-26)21-22-9-13-24(14-10-22)25-15-19-27(20-16-25)29(7-3)8-4;8-7(9)6-4-2-1-3-5-6/h9-21H,5-8H2,1-4H3;1-5H,(H,8,9)/q+1;/p-1. The molecule has 0 saturated carbocycles. The predicted octanol–water partition coefficient (Wildman–Crippen LogP) is 6.25. The van der Waals surface area contributed by atoms with Gasteiger partial charge in [-0.25, -0.2) is 4.58 Å². The number of hydrogen-bond acceptors (Lipinski definition) is 3. The van der Waals surface area contributed by atoms with Crippen molar-refractivity contribution in [2.45, 2.75) is 27.7 Å². The van der Waals surface area contributed by atoms with Gasteiger partial charge in [0.25, 0.3) is 0 Å². The highest BCUT2D eigenvalue weighted by molar-refractivity contribution is 6.02. The molecule has 0 amide bonds. The fourth-order valence-electron chi connectivity index (χ4n) is 4.36. The summed E-state index contributed by atoms with van der Waals surface area (Å²) in [7, 11) is 0. The Kier molecular flexibility index (Phi) is 10.9. The molecule has 0 N–H and O–H groups in total. The first kappa shape index (κ1) is 28.4. The van der Waals surface area contributed by atoms with Crippen molar-refractivity contribution in [1.29, 1.82) is 0 Å². The lowest BCUT2D eigenvalue weighted by atomic mass is 10.0. The fraction of sp³-hybridized carbons (Fsp3) is 0.235. The molecule has 1 aliphatic rings. The van der Waals surface area contributed by atoms with E-state index in [9.17, 15) is 9.90 Å². The molecule has 1 aliphatic carbocycles. The van der Waals surface area contributed by atoms with Crippen LogP contribution in [0.2, 0.25) is 0 Å². The SMILES string of the molecule is CCN(CC)c1ccc(-c2ccc(C=C3C=CC(=[N+](CC)CC)C=C3)cc2)cc1.O=C([O-])c1ccccc1. The molecule has 0 heterocycles. The number of allylic oxidation sites excluding steroid dienone is 5. The average molecular weight is 507 g/mol. The number of aromatic carboxylic acids is 1. The second-order valence-corrected chi connectivity index (χ2v) is 8.90. The van der Waals surface area contributed by atoms with Crippen molar-refractivity contribution in [3.63, 3.8) is 0 Å². The second kappa shape index (κ2) is 14.5. The molecule has 0 fully saturated rings. The molecule has 0 atom stereocenters. The van der Waals surface area contributed by atoms with Crippen LogP contribution in [0.3, 0.4) is 0 Å². The number of carbonyl (C=O) groups excluding carboxylic acids is 1. The topological polar surface area (TPSA) is 46.4 Å². The molecule has 0 spiro atoms. The van der Waals surface area contributed by atoms with E-state index in [0.29, 0.717) is 0 Å². The van der Waals surface area contributed by atoms with Gasteiger partial charge in [0.1, 0.15) is 13.1 Å². The maximum absolute atomic E-state index is 10.1. The molecule has 0 unspecified atom stereocenters. The van der Waals surface area contributed by atoms with Crippen molar-refractivity contribution in [3.8, 4) is 11.1 Å². The van der Waals surface area contributed by atoms with Gasteiger partial charge < -0.3 is 14.8 Å². The number of carboxylic acids is 1. The molecule has 4 heteroatoms. The number of nitrogens with zero attached hydrogens (tertiary/aromatic N) is 2. The minimum absolute atomic E-state index is 0.220. The fourth-order valence-corrected chi connectivity index (χ4v) is 4.36. The van der Waals surface area contributed by atoms with Gasteiger partial charge in [0.05, 0.1) is 5.97 Å². The quantitative estimate of drug-likeness (QED) is 0.339. The summed E-state index contributed by atoms with van der Waals surface area (Å²) in [5, 5.41) is 10.1. The van der Waals surface area contributed by atoms with Crippen molar-refractivity contribution < 1.29 is 14.5 Å². The van der Waals surface area contributed by atoms with E-state index in [2.05, 4.69) is 116 Å². The number of carboxylic acid groups (broad SMARTS) is 1. The van der Waals surface area contributed by atoms with Crippen LogP contribution in [0, 0.1) is 0 Å². The summed E-state index contributed by atoms with van der Waals surface area (Å²) < 4.78 is 2.37. The van der Waals surface area contributed by atoms with Crippen LogP contribution >= 0.6 is 0 Å². The molecule has 0 aromatic heterocycles. The van der Waals surface area contributed by atoms with Crippen molar-refractivity contribution in [1.82, 2.24) is 0 Å². The van der Waals surface area contributed by atoms with E-state index >= 15 is 0 Å². The van der Waals surface area contributed by atoms with Crippen LogP contribution in [0.5, 0.6) is 0 Å². The van der Waals surface area contributed by atoms with Gasteiger partial charge in [-0.15, -0.1) is 0 Å². The van der Waals surface area contributed by atoms with Crippen molar-refractivity contribution >= 4 is 23.4 Å². The number of benzene rings is 3. The Bertz CT molecular complexity index is 1270. The van der Waals surface area contributed by atoms with E-state index in [1.54, 1.807) is 18.2 Å². The lowest BCUT2D eigenvalue weighted by Crippen LogP contribution is -2.21. The van der Waals surface area contributed by atoms with Crippen LogP contribution in [0.4, 0.5) is 5.69 Å². The first-order chi connectivity index (χ1) is 18.5. The monoisotopic (exact) mass is 506 g/mol. The Morgan fingerprint density at radius 1 is 0.737 bits per heavy atom. The van der Waals surface area contributed by atoms with Crippen LogP contribution in [-0.2, 0) is 0 Å². The van der Waals surface area contributed by atoms with E-state index in [-0.39, 0.29) is 5.56 Å². The summed E-state index contributed by atoms with van der Waals surface area (Å²) in [6.07, 6.45) is 11.1. The lowest BCUT2D eigenvalue weighted by molar-refractivity contribution is -0.519. The number of hydrogen-bond donors (Lipinski definition) is 0. The van der Waals surface area contributed by atoms with Gasteiger partial charge in [0.2, 0.25) is 0 Å². The summed E-state index contributed by atoms with van der Waals surface area (Å²) in [6.45, 7) is 12.9. The highest BCUT2D eigenvalue weighted by Crippen LogP contribution is 2.24. The van der Waals surface area contributed by atoms with Gasteiger partial charge in [-0.1, -0.05) is 66.7 Å². The Balaban J connectivity index is 0.000000375. The van der Waals surface area contributed by atoms with E-state index in [0.717, 1.165) is 26.2 Å². The lowest BCUT2D eigenvalue weighted by Gasteiger charge is -2.21. The molecule has 38 heavy (non-hydrogen) atoms. The van der Waals surface area contributed by atoms with Gasteiger partial charge in [-0.2, -0.15) is 0 Å². The van der Waals surface area contributed by atoms with Gasteiger partial charge in [0.15, 0.2) is 5.71 Å². The molecule has 4 rings (SSSR count). The van der Waals surface area contributed by atoms with Crippen molar-refractivity contribution in [2.24, 2.45) is 0 Å². The summed E-state index contributed by atoms with van der Waals surface area (Å²) in [6, 6.07) is 25.8. The third-order valence-electron chi connectivity index (χ3n) is 6.60. The Labute approximate surface area is 227 Å². The zero-order chi connectivity index (χ0) is 27.3. The van der Waals surface area contributed by atoms with Gasteiger partial charge in [0, 0.05) is 30.9 Å². The van der Waals surface area contributed by atoms with Gasteiger partial charge in [-0.05, 0) is 85.9 Å². The predicted molar refractivity (Wildman–Crippen MR) is 159 cm³/mol.